The van der Waals surface area contributed by atoms with E-state index in [1.807, 2.05) is 0 Å². The van der Waals surface area contributed by atoms with Crippen molar-refractivity contribution in [3.05, 3.63) is 0 Å². The smallest absolute Gasteiger partial charge is 0.0596 e. The van der Waals surface area contributed by atoms with Crippen LogP contribution >= 0.6 is 0 Å². The quantitative estimate of drug-likeness (QED) is 0.674. The van der Waals surface area contributed by atoms with Gasteiger partial charge < -0.3 is 14.5 Å². The molecule has 0 bridgehead atoms. The van der Waals surface area contributed by atoms with Crippen molar-refractivity contribution in [2.75, 3.05) is 39.8 Å². The van der Waals surface area contributed by atoms with E-state index in [2.05, 4.69) is 44.5 Å². The number of ether oxygens (including phenoxy) is 1. The van der Waals surface area contributed by atoms with E-state index in [4.69, 9.17) is 4.74 Å². The fraction of sp³-hybridized carbons (Fsp3) is 1.00. The molecule has 3 heteroatoms. The molecule has 0 atom stereocenters. The fourth-order valence-corrected chi connectivity index (χ4v) is 2.65. The fourth-order valence-electron chi connectivity index (χ4n) is 2.65. The molecule has 0 unspecified atom stereocenters. The first-order valence-corrected chi connectivity index (χ1v) is 8.03. The molecule has 0 radical (unpaired) electrons. The van der Waals surface area contributed by atoms with E-state index >= 15 is 0 Å². The minimum atomic E-state index is 0.361. The summed E-state index contributed by atoms with van der Waals surface area (Å²) in [5.41, 5.74) is 0. The van der Waals surface area contributed by atoms with E-state index in [1.165, 1.54) is 38.9 Å². The van der Waals surface area contributed by atoms with Crippen molar-refractivity contribution in [2.24, 2.45) is 5.92 Å². The van der Waals surface area contributed by atoms with Crippen molar-refractivity contribution < 1.29 is 4.74 Å². The highest BCUT2D eigenvalue weighted by atomic mass is 16.5. The molecule has 1 aliphatic heterocycles. The van der Waals surface area contributed by atoms with Crippen LogP contribution in [0.15, 0.2) is 0 Å². The summed E-state index contributed by atoms with van der Waals surface area (Å²) in [6.45, 7) is 14.5. The Morgan fingerprint density at radius 2 is 1.79 bits per heavy atom. The van der Waals surface area contributed by atoms with Crippen molar-refractivity contribution in [1.29, 1.82) is 0 Å². The number of hydrogen-bond acceptors (Lipinski definition) is 3. The summed E-state index contributed by atoms with van der Waals surface area (Å²) in [6, 6.07) is 0.793. The van der Waals surface area contributed by atoms with Crippen molar-refractivity contribution >= 4 is 0 Å². The molecule has 0 spiro atoms. The zero-order chi connectivity index (χ0) is 14.3. The summed E-state index contributed by atoms with van der Waals surface area (Å²) >= 11 is 0. The third-order valence-corrected chi connectivity index (χ3v) is 4.10. The van der Waals surface area contributed by atoms with Crippen molar-refractivity contribution in [1.82, 2.24) is 9.80 Å². The maximum absolute atomic E-state index is 5.63. The van der Waals surface area contributed by atoms with Crippen molar-refractivity contribution in [3.8, 4) is 0 Å². The van der Waals surface area contributed by atoms with Gasteiger partial charge in [-0.15, -0.1) is 0 Å². The Hall–Kier alpha value is -0.120. The van der Waals surface area contributed by atoms with Gasteiger partial charge in [-0.3, -0.25) is 0 Å². The Kier molecular flexibility index (Phi) is 7.96. The molecular formula is C16H34N2O. The zero-order valence-electron chi connectivity index (χ0n) is 13.7. The normalized spacial score (nSPS) is 18.9. The summed E-state index contributed by atoms with van der Waals surface area (Å²) in [5.74, 6) is 0.815. The molecule has 0 aromatic carbocycles. The summed E-state index contributed by atoms with van der Waals surface area (Å²) in [6.07, 6.45) is 4.31. The number of hydrogen-bond donors (Lipinski definition) is 0. The summed E-state index contributed by atoms with van der Waals surface area (Å²) in [5, 5.41) is 0. The predicted octanol–water partition coefficient (Wildman–Crippen LogP) is 2.85. The highest BCUT2D eigenvalue weighted by Gasteiger charge is 2.22. The van der Waals surface area contributed by atoms with Gasteiger partial charge in [0.25, 0.3) is 0 Å². The van der Waals surface area contributed by atoms with Gasteiger partial charge in [0.05, 0.1) is 12.7 Å². The molecule has 1 fully saturated rings. The van der Waals surface area contributed by atoms with Crippen LogP contribution in [-0.2, 0) is 4.74 Å². The average molecular weight is 270 g/mol. The second kappa shape index (κ2) is 8.93. The molecular weight excluding hydrogens is 236 g/mol. The first-order chi connectivity index (χ1) is 8.99. The van der Waals surface area contributed by atoms with Gasteiger partial charge in [0.2, 0.25) is 0 Å². The number of rotatable bonds is 8. The minimum absolute atomic E-state index is 0.361. The standard InChI is InChI=1S/C16H34N2O/c1-14(2)6-9-17(5)16-7-10-18(11-8-16)12-13-19-15(3)4/h14-16H,6-13H2,1-5H3. The molecule has 0 aromatic rings. The Morgan fingerprint density at radius 3 is 2.32 bits per heavy atom. The number of likely N-dealkylation sites (tertiary alicyclic amines) is 1. The lowest BCUT2D eigenvalue weighted by Gasteiger charge is -2.37. The van der Waals surface area contributed by atoms with Gasteiger partial charge in [-0.05, 0) is 65.7 Å². The maximum atomic E-state index is 5.63. The zero-order valence-corrected chi connectivity index (χ0v) is 13.7. The van der Waals surface area contributed by atoms with Crippen LogP contribution in [-0.4, -0.2) is 61.8 Å². The van der Waals surface area contributed by atoms with Gasteiger partial charge in [-0.1, -0.05) is 13.8 Å². The summed E-state index contributed by atoms with van der Waals surface area (Å²) in [7, 11) is 2.30. The SMILES string of the molecule is CC(C)CCN(C)C1CCN(CCOC(C)C)CC1. The van der Waals surface area contributed by atoms with Gasteiger partial charge in [0, 0.05) is 12.6 Å². The van der Waals surface area contributed by atoms with Gasteiger partial charge >= 0.3 is 0 Å². The number of piperidine rings is 1. The molecule has 0 aliphatic carbocycles. The van der Waals surface area contributed by atoms with Gasteiger partial charge in [-0.25, -0.2) is 0 Å². The summed E-state index contributed by atoms with van der Waals surface area (Å²) in [4.78, 5) is 5.12. The van der Waals surface area contributed by atoms with E-state index < -0.39 is 0 Å². The van der Waals surface area contributed by atoms with Gasteiger partial charge in [0.1, 0.15) is 0 Å². The molecule has 1 aliphatic rings. The first kappa shape index (κ1) is 16.9. The molecule has 0 aromatic heterocycles. The molecule has 19 heavy (non-hydrogen) atoms. The van der Waals surface area contributed by atoms with Crippen LogP contribution < -0.4 is 0 Å². The van der Waals surface area contributed by atoms with Crippen LogP contribution in [0.25, 0.3) is 0 Å². The highest BCUT2D eigenvalue weighted by molar-refractivity contribution is 4.78. The molecule has 0 N–H and O–H groups in total. The summed E-state index contributed by atoms with van der Waals surface area (Å²) < 4.78 is 5.63. The minimum Gasteiger partial charge on any atom is -0.377 e. The molecule has 0 amide bonds. The molecule has 3 nitrogen and oxygen atoms in total. The van der Waals surface area contributed by atoms with Gasteiger partial charge in [0.15, 0.2) is 0 Å². The Morgan fingerprint density at radius 1 is 1.16 bits per heavy atom. The van der Waals surface area contributed by atoms with Gasteiger partial charge in [-0.2, -0.15) is 0 Å². The van der Waals surface area contributed by atoms with Crippen molar-refractivity contribution in [3.63, 3.8) is 0 Å². The second-order valence-electron chi connectivity index (χ2n) is 6.66. The van der Waals surface area contributed by atoms with Crippen LogP contribution in [0.3, 0.4) is 0 Å². The predicted molar refractivity (Wildman–Crippen MR) is 82.6 cm³/mol. The second-order valence-corrected chi connectivity index (χ2v) is 6.66. The Bertz CT molecular complexity index is 223. The molecule has 114 valence electrons. The monoisotopic (exact) mass is 270 g/mol. The van der Waals surface area contributed by atoms with Crippen LogP contribution in [0.1, 0.15) is 47.0 Å². The Balaban J connectivity index is 2.14. The average Bonchev–Trinajstić information content (AvgIpc) is 2.36. The van der Waals surface area contributed by atoms with Crippen LogP contribution in [0, 0.1) is 5.92 Å². The van der Waals surface area contributed by atoms with E-state index in [0.717, 1.165) is 25.1 Å². The third kappa shape index (κ3) is 7.28. The van der Waals surface area contributed by atoms with E-state index in [0.29, 0.717) is 6.10 Å². The van der Waals surface area contributed by atoms with Crippen LogP contribution in [0.5, 0.6) is 0 Å². The van der Waals surface area contributed by atoms with E-state index in [9.17, 15) is 0 Å². The lowest BCUT2D eigenvalue weighted by molar-refractivity contribution is 0.0457. The molecule has 1 rings (SSSR count). The largest absolute Gasteiger partial charge is 0.377 e. The lowest BCUT2D eigenvalue weighted by Crippen LogP contribution is -2.44. The molecule has 0 saturated carbocycles. The lowest BCUT2D eigenvalue weighted by atomic mass is 10.0. The Labute approximate surface area is 120 Å². The topological polar surface area (TPSA) is 15.7 Å². The number of nitrogens with zero attached hydrogens (tertiary/aromatic N) is 2. The molecule has 1 heterocycles. The third-order valence-electron chi connectivity index (χ3n) is 4.10. The van der Waals surface area contributed by atoms with Crippen LogP contribution in [0.2, 0.25) is 0 Å². The molecule has 1 saturated heterocycles. The van der Waals surface area contributed by atoms with Crippen LogP contribution in [0.4, 0.5) is 0 Å². The van der Waals surface area contributed by atoms with E-state index in [1.54, 1.807) is 0 Å². The maximum Gasteiger partial charge on any atom is 0.0596 e. The van der Waals surface area contributed by atoms with Crippen molar-refractivity contribution in [2.45, 2.75) is 59.1 Å². The highest BCUT2D eigenvalue weighted by Crippen LogP contribution is 2.16. The first-order valence-electron chi connectivity index (χ1n) is 8.03. The van der Waals surface area contributed by atoms with E-state index in [-0.39, 0.29) is 0 Å².